The van der Waals surface area contributed by atoms with E-state index in [4.69, 9.17) is 0 Å². The lowest BCUT2D eigenvalue weighted by molar-refractivity contribution is -0.137. The molecule has 2 rings (SSSR count). The van der Waals surface area contributed by atoms with Gasteiger partial charge in [-0.2, -0.15) is 18.3 Å². The number of aromatic nitrogens is 2. The predicted octanol–water partition coefficient (Wildman–Crippen LogP) is 2.71. The standard InChI is InChI=1S/C14H16F3N3/c1-18-7-6-11-4-2-3-5-12(11)9-20-10-13(8-19-20)14(15,16)17/h2-5,8,10,18H,6-7,9H2,1H3. The van der Waals surface area contributed by atoms with E-state index >= 15 is 0 Å². The van der Waals surface area contributed by atoms with Gasteiger partial charge in [0, 0.05) is 6.20 Å². The quantitative estimate of drug-likeness (QED) is 0.914. The highest BCUT2D eigenvalue weighted by molar-refractivity contribution is 5.27. The summed E-state index contributed by atoms with van der Waals surface area (Å²) in [7, 11) is 1.87. The lowest BCUT2D eigenvalue weighted by Crippen LogP contribution is -2.12. The molecule has 1 aromatic carbocycles. The van der Waals surface area contributed by atoms with Crippen LogP contribution in [0, 0.1) is 0 Å². The van der Waals surface area contributed by atoms with E-state index in [-0.39, 0.29) is 0 Å². The summed E-state index contributed by atoms with van der Waals surface area (Å²) >= 11 is 0. The number of halogens is 3. The maximum Gasteiger partial charge on any atom is 0.419 e. The monoisotopic (exact) mass is 283 g/mol. The molecule has 0 aliphatic carbocycles. The fourth-order valence-electron chi connectivity index (χ4n) is 1.99. The Morgan fingerprint density at radius 2 is 1.90 bits per heavy atom. The molecule has 0 bridgehead atoms. The van der Waals surface area contributed by atoms with Crippen LogP contribution < -0.4 is 5.32 Å². The van der Waals surface area contributed by atoms with Crippen molar-refractivity contribution in [3.05, 3.63) is 53.3 Å². The first-order chi connectivity index (χ1) is 9.50. The maximum absolute atomic E-state index is 12.5. The van der Waals surface area contributed by atoms with Gasteiger partial charge in [-0.3, -0.25) is 4.68 Å². The Hall–Kier alpha value is -1.82. The van der Waals surface area contributed by atoms with Gasteiger partial charge in [0.15, 0.2) is 0 Å². The van der Waals surface area contributed by atoms with Crippen molar-refractivity contribution in [2.24, 2.45) is 0 Å². The summed E-state index contributed by atoms with van der Waals surface area (Å²) in [4.78, 5) is 0. The average Bonchev–Trinajstić information content (AvgIpc) is 2.86. The molecule has 1 heterocycles. The number of nitrogens with zero attached hydrogens (tertiary/aromatic N) is 2. The van der Waals surface area contributed by atoms with Crippen molar-refractivity contribution in [1.82, 2.24) is 15.1 Å². The lowest BCUT2D eigenvalue weighted by atomic mass is 10.0. The first-order valence-electron chi connectivity index (χ1n) is 6.31. The lowest BCUT2D eigenvalue weighted by Gasteiger charge is -2.09. The molecule has 0 atom stereocenters. The molecule has 108 valence electrons. The molecule has 0 aliphatic heterocycles. The molecule has 2 aromatic rings. The van der Waals surface area contributed by atoms with Gasteiger partial charge < -0.3 is 5.32 Å². The average molecular weight is 283 g/mol. The van der Waals surface area contributed by atoms with Gasteiger partial charge in [0.2, 0.25) is 0 Å². The van der Waals surface area contributed by atoms with Crippen molar-refractivity contribution in [3.63, 3.8) is 0 Å². The van der Waals surface area contributed by atoms with E-state index in [2.05, 4.69) is 10.4 Å². The van der Waals surface area contributed by atoms with Gasteiger partial charge in [0.25, 0.3) is 0 Å². The molecule has 0 amide bonds. The van der Waals surface area contributed by atoms with E-state index < -0.39 is 11.7 Å². The minimum atomic E-state index is -4.34. The zero-order chi connectivity index (χ0) is 14.6. The van der Waals surface area contributed by atoms with Crippen LogP contribution in [0.25, 0.3) is 0 Å². The molecule has 0 spiro atoms. The Labute approximate surface area is 115 Å². The molecule has 20 heavy (non-hydrogen) atoms. The minimum Gasteiger partial charge on any atom is -0.319 e. The van der Waals surface area contributed by atoms with Gasteiger partial charge in [0.1, 0.15) is 0 Å². The second-order valence-corrected chi connectivity index (χ2v) is 4.55. The van der Waals surface area contributed by atoms with E-state index in [9.17, 15) is 13.2 Å². The maximum atomic E-state index is 12.5. The van der Waals surface area contributed by atoms with Gasteiger partial charge in [0.05, 0.1) is 18.3 Å². The van der Waals surface area contributed by atoms with E-state index in [1.165, 1.54) is 4.68 Å². The second-order valence-electron chi connectivity index (χ2n) is 4.55. The van der Waals surface area contributed by atoms with Crippen LogP contribution >= 0.6 is 0 Å². The zero-order valence-electron chi connectivity index (χ0n) is 11.1. The third kappa shape index (κ3) is 3.60. The zero-order valence-corrected chi connectivity index (χ0v) is 11.1. The number of alkyl halides is 3. The van der Waals surface area contributed by atoms with Crippen LogP contribution in [0.4, 0.5) is 13.2 Å². The molecule has 3 nitrogen and oxygen atoms in total. The molecule has 1 N–H and O–H groups in total. The Balaban J connectivity index is 2.15. The molecule has 0 saturated carbocycles. The number of hydrogen-bond donors (Lipinski definition) is 1. The van der Waals surface area contributed by atoms with Crippen LogP contribution in [0.15, 0.2) is 36.7 Å². The fraction of sp³-hybridized carbons (Fsp3) is 0.357. The summed E-state index contributed by atoms with van der Waals surface area (Å²) in [6, 6.07) is 7.71. The highest BCUT2D eigenvalue weighted by Gasteiger charge is 2.32. The van der Waals surface area contributed by atoms with Crippen molar-refractivity contribution in [2.45, 2.75) is 19.1 Å². The van der Waals surface area contributed by atoms with E-state index in [0.717, 1.165) is 36.5 Å². The Kier molecular flexibility index (Phi) is 4.44. The predicted molar refractivity (Wildman–Crippen MR) is 70.4 cm³/mol. The topological polar surface area (TPSA) is 29.9 Å². The van der Waals surface area contributed by atoms with Gasteiger partial charge >= 0.3 is 6.18 Å². The van der Waals surface area contributed by atoms with Crippen molar-refractivity contribution in [1.29, 1.82) is 0 Å². The van der Waals surface area contributed by atoms with Crippen LogP contribution in [-0.2, 0) is 19.1 Å². The molecule has 1 aromatic heterocycles. The number of benzene rings is 1. The van der Waals surface area contributed by atoms with Gasteiger partial charge in [-0.1, -0.05) is 24.3 Å². The normalized spacial score (nSPS) is 11.8. The Bertz CT molecular complexity index is 561. The minimum absolute atomic E-state index is 0.343. The summed E-state index contributed by atoms with van der Waals surface area (Å²) in [6.45, 7) is 1.17. The van der Waals surface area contributed by atoms with Crippen LogP contribution in [0.1, 0.15) is 16.7 Å². The van der Waals surface area contributed by atoms with Crippen molar-refractivity contribution < 1.29 is 13.2 Å². The SMILES string of the molecule is CNCCc1ccccc1Cn1cc(C(F)(F)F)cn1. The second kappa shape index (κ2) is 6.09. The Morgan fingerprint density at radius 3 is 2.50 bits per heavy atom. The third-order valence-electron chi connectivity index (χ3n) is 3.06. The van der Waals surface area contributed by atoms with Crippen LogP contribution in [0.5, 0.6) is 0 Å². The van der Waals surface area contributed by atoms with Crippen molar-refractivity contribution >= 4 is 0 Å². The number of rotatable bonds is 5. The van der Waals surface area contributed by atoms with Gasteiger partial charge in [-0.05, 0) is 31.1 Å². The molecule has 6 heteroatoms. The summed E-state index contributed by atoms with van der Waals surface area (Å²) in [5.41, 5.74) is 1.38. The van der Waals surface area contributed by atoms with Gasteiger partial charge in [-0.15, -0.1) is 0 Å². The van der Waals surface area contributed by atoms with Crippen molar-refractivity contribution in [2.75, 3.05) is 13.6 Å². The van der Waals surface area contributed by atoms with E-state index in [1.807, 2.05) is 31.3 Å². The number of likely N-dealkylation sites (N-methyl/N-ethyl adjacent to an activating group) is 1. The van der Waals surface area contributed by atoms with E-state index in [1.54, 1.807) is 0 Å². The summed E-state index contributed by atoms with van der Waals surface area (Å²) in [5.74, 6) is 0. The van der Waals surface area contributed by atoms with Crippen LogP contribution in [-0.4, -0.2) is 23.4 Å². The largest absolute Gasteiger partial charge is 0.419 e. The highest BCUT2D eigenvalue weighted by atomic mass is 19.4. The van der Waals surface area contributed by atoms with Gasteiger partial charge in [-0.25, -0.2) is 0 Å². The summed E-state index contributed by atoms with van der Waals surface area (Å²) in [6.07, 6.45) is -1.62. The molecular formula is C14H16F3N3. The molecule has 0 radical (unpaired) electrons. The molecule has 0 fully saturated rings. The Morgan fingerprint density at radius 1 is 1.20 bits per heavy atom. The number of hydrogen-bond acceptors (Lipinski definition) is 2. The highest BCUT2D eigenvalue weighted by Crippen LogP contribution is 2.28. The fourth-order valence-corrected chi connectivity index (χ4v) is 1.99. The van der Waals surface area contributed by atoms with Crippen molar-refractivity contribution in [3.8, 4) is 0 Å². The summed E-state index contributed by atoms with van der Waals surface area (Å²) in [5, 5.41) is 6.84. The molecule has 0 saturated heterocycles. The molecule has 0 aliphatic rings. The molecule has 0 unspecified atom stereocenters. The third-order valence-corrected chi connectivity index (χ3v) is 3.06. The first-order valence-corrected chi connectivity index (χ1v) is 6.31. The smallest absolute Gasteiger partial charge is 0.319 e. The first kappa shape index (κ1) is 14.6. The van der Waals surface area contributed by atoms with Crippen LogP contribution in [0.2, 0.25) is 0 Å². The molecular weight excluding hydrogens is 267 g/mol. The van der Waals surface area contributed by atoms with Crippen LogP contribution in [0.3, 0.4) is 0 Å². The van der Waals surface area contributed by atoms with E-state index in [0.29, 0.717) is 6.54 Å². The number of nitrogens with one attached hydrogen (secondary N) is 1. The summed E-state index contributed by atoms with van der Waals surface area (Å²) < 4.78 is 38.9.